The highest BCUT2D eigenvalue weighted by Gasteiger charge is 2.44. The van der Waals surface area contributed by atoms with Crippen molar-refractivity contribution in [2.45, 2.75) is 94.9 Å². The molecular weight excluding hydrogens is 288 g/mol. The molecule has 0 aromatic carbocycles. The van der Waals surface area contributed by atoms with E-state index in [0.717, 1.165) is 35.5 Å². The third-order valence-corrected chi connectivity index (χ3v) is 6.33. The molecule has 0 saturated heterocycles. The predicted molar refractivity (Wildman–Crippen MR) is 117 cm³/mol. The van der Waals surface area contributed by atoms with Gasteiger partial charge in [0.1, 0.15) is 0 Å². The van der Waals surface area contributed by atoms with Gasteiger partial charge in [0.25, 0.3) is 0 Å². The van der Waals surface area contributed by atoms with Crippen LogP contribution in [0, 0.1) is 35.5 Å². The van der Waals surface area contributed by atoms with Crippen molar-refractivity contribution in [3.8, 4) is 0 Å². The van der Waals surface area contributed by atoms with Crippen molar-refractivity contribution in [1.29, 1.82) is 0 Å². The van der Waals surface area contributed by atoms with Crippen LogP contribution >= 0.6 is 0 Å². The van der Waals surface area contributed by atoms with E-state index in [9.17, 15) is 0 Å². The molecule has 4 bridgehead atoms. The van der Waals surface area contributed by atoms with E-state index in [1.165, 1.54) is 32.1 Å². The number of allylic oxidation sites excluding steroid dienone is 2. The first-order chi connectivity index (χ1) is 9.78. The van der Waals surface area contributed by atoms with Crippen molar-refractivity contribution in [1.82, 2.24) is 0 Å². The normalized spacial score (nSPS) is 35.8. The van der Waals surface area contributed by atoms with Gasteiger partial charge in [0.2, 0.25) is 0 Å². The molecule has 4 aliphatic carbocycles. The smallest absolute Gasteiger partial charge is 0.0228 e. The minimum Gasteiger partial charge on any atom is -0.106 e. The molecule has 0 aromatic rings. The summed E-state index contributed by atoms with van der Waals surface area (Å²) in [6.45, 7) is 10.8. The second-order valence-electron chi connectivity index (χ2n) is 7.36. The van der Waals surface area contributed by atoms with Gasteiger partial charge in [-0.15, -0.1) is 13.2 Å². The van der Waals surface area contributed by atoms with Crippen molar-refractivity contribution in [2.24, 2.45) is 35.5 Å². The minimum absolute atomic E-state index is 0. The quantitative estimate of drug-likeness (QED) is 0.441. The zero-order chi connectivity index (χ0) is 14.5. The summed E-state index contributed by atoms with van der Waals surface area (Å²) in [4.78, 5) is 0. The lowest BCUT2D eigenvalue weighted by Gasteiger charge is -2.27. The second-order valence-corrected chi connectivity index (χ2v) is 7.36. The van der Waals surface area contributed by atoms with Gasteiger partial charge < -0.3 is 0 Å². The van der Waals surface area contributed by atoms with Crippen LogP contribution in [0.25, 0.3) is 0 Å². The molecule has 3 saturated carbocycles. The van der Waals surface area contributed by atoms with E-state index in [1.807, 2.05) is 0 Å². The summed E-state index contributed by atoms with van der Waals surface area (Å²) in [7, 11) is 0. The molecule has 6 atom stereocenters. The first kappa shape index (κ1) is 28.3. The topological polar surface area (TPSA) is 0 Å². The molecule has 3 fully saturated rings. The van der Waals surface area contributed by atoms with Gasteiger partial charge in [-0.3, -0.25) is 0 Å². The summed E-state index contributed by atoms with van der Waals surface area (Å²) >= 11 is 0. The van der Waals surface area contributed by atoms with Gasteiger partial charge in [0, 0.05) is 0 Å². The molecule has 24 heavy (non-hydrogen) atoms. The van der Waals surface area contributed by atoms with Crippen molar-refractivity contribution in [2.75, 3.05) is 0 Å². The molecule has 0 amide bonds. The SMILES string of the molecule is C.C.C.C.C1=CC2CCC1C2.C=C.CCCC1C2CCC(C2)C1C. The fourth-order valence-electron chi connectivity index (χ4n) is 5.25. The molecule has 0 heterocycles. The predicted octanol–water partition coefficient (Wildman–Crippen LogP) is 8.79. The highest BCUT2D eigenvalue weighted by atomic mass is 14.5. The van der Waals surface area contributed by atoms with E-state index in [4.69, 9.17) is 0 Å². The van der Waals surface area contributed by atoms with Crippen LogP contribution in [0.5, 0.6) is 0 Å². The highest BCUT2D eigenvalue weighted by molar-refractivity contribution is 5.06. The first-order valence-corrected chi connectivity index (χ1v) is 8.96. The lowest BCUT2D eigenvalue weighted by Crippen LogP contribution is -2.19. The number of hydrogen-bond donors (Lipinski definition) is 0. The Morgan fingerprint density at radius 3 is 1.58 bits per heavy atom. The first-order valence-electron chi connectivity index (χ1n) is 8.96. The average Bonchev–Trinajstić information content (AvgIpc) is 3.25. The summed E-state index contributed by atoms with van der Waals surface area (Å²) in [6.07, 6.45) is 16.8. The number of hydrogen-bond acceptors (Lipinski definition) is 0. The third kappa shape index (κ3) is 6.41. The van der Waals surface area contributed by atoms with Gasteiger partial charge in [0.05, 0.1) is 0 Å². The molecule has 0 spiro atoms. The molecule has 146 valence electrons. The lowest BCUT2D eigenvalue weighted by molar-refractivity contribution is 0.224. The molecule has 4 rings (SSSR count). The van der Waals surface area contributed by atoms with Gasteiger partial charge >= 0.3 is 0 Å². The highest BCUT2D eigenvalue weighted by Crippen LogP contribution is 2.53. The van der Waals surface area contributed by atoms with Crippen LogP contribution in [0.1, 0.15) is 94.9 Å². The average molecular weight is 339 g/mol. The van der Waals surface area contributed by atoms with Gasteiger partial charge in [-0.1, -0.05) is 68.5 Å². The third-order valence-electron chi connectivity index (χ3n) is 6.33. The molecule has 0 radical (unpaired) electrons. The van der Waals surface area contributed by atoms with Crippen LogP contribution in [0.15, 0.2) is 25.3 Å². The lowest BCUT2D eigenvalue weighted by atomic mass is 9.78. The fourth-order valence-corrected chi connectivity index (χ4v) is 5.25. The summed E-state index contributed by atoms with van der Waals surface area (Å²) in [5.41, 5.74) is 0. The maximum Gasteiger partial charge on any atom is -0.0228 e. The molecule has 0 heteroatoms. The Kier molecular flexibility index (Phi) is 16.2. The van der Waals surface area contributed by atoms with E-state index >= 15 is 0 Å². The van der Waals surface area contributed by atoms with Crippen LogP contribution in [0.2, 0.25) is 0 Å². The standard InChI is InChI=1S/C11H20.C7H10.C2H4.4CH4/c1-3-4-11-8(2)9-5-6-10(11)7-9;1-2-7-4-3-6(1)5-7;1-2;;;;/h8-11H,3-7H2,1-2H3;1-2,6-7H,3-5H2;1-2H2;4*1H4. The van der Waals surface area contributed by atoms with Crippen molar-refractivity contribution in [3.05, 3.63) is 25.3 Å². The van der Waals surface area contributed by atoms with Crippen molar-refractivity contribution >= 4 is 0 Å². The van der Waals surface area contributed by atoms with Gasteiger partial charge in [0.15, 0.2) is 0 Å². The van der Waals surface area contributed by atoms with Crippen LogP contribution < -0.4 is 0 Å². The Labute approximate surface area is 156 Å². The van der Waals surface area contributed by atoms with Crippen molar-refractivity contribution < 1.29 is 0 Å². The summed E-state index contributed by atoms with van der Waals surface area (Å²) < 4.78 is 0. The monoisotopic (exact) mass is 338 g/mol. The summed E-state index contributed by atoms with van der Waals surface area (Å²) in [5, 5.41) is 0. The summed E-state index contributed by atoms with van der Waals surface area (Å²) in [5.74, 6) is 6.41. The number of fused-ring (bicyclic) bond motifs is 4. The zero-order valence-corrected chi connectivity index (χ0v) is 13.7. The van der Waals surface area contributed by atoms with Crippen LogP contribution in [0.4, 0.5) is 0 Å². The second kappa shape index (κ2) is 13.7. The van der Waals surface area contributed by atoms with Crippen LogP contribution in [-0.2, 0) is 0 Å². The fraction of sp³-hybridized carbons (Fsp3) is 0.833. The zero-order valence-electron chi connectivity index (χ0n) is 13.7. The summed E-state index contributed by atoms with van der Waals surface area (Å²) in [6, 6.07) is 0. The largest absolute Gasteiger partial charge is 0.106 e. The van der Waals surface area contributed by atoms with E-state index in [0.29, 0.717) is 0 Å². The molecule has 0 aliphatic heterocycles. The molecular formula is C24H50. The Hall–Kier alpha value is -0.520. The maximum atomic E-state index is 3.00. The molecule has 4 aliphatic rings. The van der Waals surface area contributed by atoms with Gasteiger partial charge in [-0.2, -0.15) is 0 Å². The van der Waals surface area contributed by atoms with E-state index < -0.39 is 0 Å². The van der Waals surface area contributed by atoms with E-state index in [2.05, 4.69) is 39.2 Å². The van der Waals surface area contributed by atoms with Crippen LogP contribution in [-0.4, -0.2) is 0 Å². The Morgan fingerprint density at radius 2 is 1.29 bits per heavy atom. The van der Waals surface area contributed by atoms with Gasteiger partial charge in [-0.05, 0) is 74.0 Å². The molecule has 0 N–H and O–H groups in total. The van der Waals surface area contributed by atoms with E-state index in [-0.39, 0.29) is 29.7 Å². The Balaban J connectivity index is -0.000000302. The van der Waals surface area contributed by atoms with E-state index in [1.54, 1.807) is 19.3 Å². The number of rotatable bonds is 2. The Bertz CT molecular complexity index is 302. The molecule has 6 unspecified atom stereocenters. The van der Waals surface area contributed by atoms with Crippen molar-refractivity contribution in [3.63, 3.8) is 0 Å². The molecule has 0 aromatic heterocycles. The molecule has 0 nitrogen and oxygen atoms in total. The Morgan fingerprint density at radius 1 is 0.792 bits per heavy atom. The maximum absolute atomic E-state index is 3.00. The van der Waals surface area contributed by atoms with Gasteiger partial charge in [-0.25, -0.2) is 0 Å². The minimum atomic E-state index is 0. The van der Waals surface area contributed by atoms with Crippen LogP contribution in [0.3, 0.4) is 0 Å².